The molecule has 3 rings (SSSR count). The van der Waals surface area contributed by atoms with E-state index in [1.807, 2.05) is 60.3 Å². The number of amides is 2. The Hall–Kier alpha value is -2.93. The van der Waals surface area contributed by atoms with E-state index >= 15 is 0 Å². The molecule has 0 spiro atoms. The number of nitrogens with one attached hydrogen (secondary N) is 2. The van der Waals surface area contributed by atoms with Crippen LogP contribution in [0.15, 0.2) is 47.8 Å². The molecule has 0 unspecified atom stereocenters. The second-order valence-electron chi connectivity index (χ2n) is 6.18. The van der Waals surface area contributed by atoms with Gasteiger partial charge in [0, 0.05) is 13.0 Å². The van der Waals surface area contributed by atoms with E-state index in [4.69, 9.17) is 0 Å². The number of benzene rings is 1. The Kier molecular flexibility index (Phi) is 6.03. The molecule has 7 heteroatoms. The maximum absolute atomic E-state index is 12.3. The predicted molar refractivity (Wildman–Crippen MR) is 108 cm³/mol. The zero-order chi connectivity index (χ0) is 19.2. The van der Waals surface area contributed by atoms with Crippen molar-refractivity contribution in [1.82, 2.24) is 15.1 Å². The third-order valence-electron chi connectivity index (χ3n) is 4.17. The monoisotopic (exact) mass is 382 g/mol. The quantitative estimate of drug-likeness (QED) is 0.612. The zero-order valence-corrected chi connectivity index (χ0v) is 16.2. The Morgan fingerprint density at radius 2 is 1.89 bits per heavy atom. The second-order valence-corrected chi connectivity index (χ2v) is 7.13. The lowest BCUT2D eigenvalue weighted by Crippen LogP contribution is -2.24. The van der Waals surface area contributed by atoms with Gasteiger partial charge in [-0.15, -0.1) is 11.3 Å². The van der Waals surface area contributed by atoms with Gasteiger partial charge in [-0.05, 0) is 43.8 Å². The van der Waals surface area contributed by atoms with Crippen LogP contribution in [0.5, 0.6) is 0 Å². The first-order valence-electron chi connectivity index (χ1n) is 8.79. The number of aryl methyl sites for hydroxylation is 1. The van der Waals surface area contributed by atoms with Crippen LogP contribution < -0.4 is 10.6 Å². The van der Waals surface area contributed by atoms with Gasteiger partial charge in [0.1, 0.15) is 0 Å². The van der Waals surface area contributed by atoms with Crippen molar-refractivity contribution in [1.29, 1.82) is 0 Å². The lowest BCUT2D eigenvalue weighted by Gasteiger charge is -2.07. The van der Waals surface area contributed by atoms with E-state index in [1.165, 1.54) is 11.3 Å². The van der Waals surface area contributed by atoms with E-state index in [9.17, 15) is 9.59 Å². The largest absolute Gasteiger partial charge is 0.351 e. The number of hydrogen-bond donors (Lipinski definition) is 2. The van der Waals surface area contributed by atoms with Crippen molar-refractivity contribution in [2.24, 2.45) is 0 Å². The van der Waals surface area contributed by atoms with E-state index < -0.39 is 0 Å². The first-order valence-corrected chi connectivity index (χ1v) is 9.67. The van der Waals surface area contributed by atoms with Crippen molar-refractivity contribution in [2.75, 3.05) is 11.9 Å². The van der Waals surface area contributed by atoms with Gasteiger partial charge in [0.05, 0.1) is 27.6 Å². The molecule has 0 aliphatic heterocycles. The lowest BCUT2D eigenvalue weighted by molar-refractivity contribution is -0.116. The molecule has 0 radical (unpaired) electrons. The molecular weight excluding hydrogens is 360 g/mol. The number of carbonyl (C=O) groups excluding carboxylic acids is 2. The predicted octanol–water partition coefficient (Wildman–Crippen LogP) is 3.70. The van der Waals surface area contributed by atoms with E-state index in [-0.39, 0.29) is 11.8 Å². The van der Waals surface area contributed by atoms with Crippen LogP contribution in [0.1, 0.15) is 33.9 Å². The van der Waals surface area contributed by atoms with E-state index in [2.05, 4.69) is 15.7 Å². The summed E-state index contributed by atoms with van der Waals surface area (Å²) < 4.78 is 1.83. The Labute approximate surface area is 162 Å². The fourth-order valence-corrected chi connectivity index (χ4v) is 3.43. The summed E-state index contributed by atoms with van der Waals surface area (Å²) in [6, 6.07) is 13.4. The van der Waals surface area contributed by atoms with Crippen molar-refractivity contribution in [3.05, 3.63) is 64.1 Å². The molecule has 3 aromatic rings. The number of anilines is 1. The molecule has 2 N–H and O–H groups in total. The molecule has 0 saturated carbocycles. The minimum Gasteiger partial charge on any atom is -0.351 e. The molecule has 2 amide bonds. The first kappa shape index (κ1) is 18.8. The minimum atomic E-state index is -0.0961. The number of para-hydroxylation sites is 1. The molecule has 140 valence electrons. The van der Waals surface area contributed by atoms with E-state index in [0.717, 1.165) is 22.8 Å². The molecule has 2 aromatic heterocycles. The molecule has 0 atom stereocenters. The molecular formula is C20H22N4O2S. The number of hydrogen-bond acceptors (Lipinski definition) is 4. The number of nitrogens with zero attached hydrogens (tertiary/aromatic N) is 2. The number of carbonyl (C=O) groups is 2. The molecule has 2 heterocycles. The van der Waals surface area contributed by atoms with Gasteiger partial charge < -0.3 is 10.6 Å². The smallest absolute Gasteiger partial charge is 0.261 e. The van der Waals surface area contributed by atoms with Crippen LogP contribution in [-0.4, -0.2) is 28.1 Å². The van der Waals surface area contributed by atoms with E-state index in [1.54, 1.807) is 6.07 Å². The molecule has 6 nitrogen and oxygen atoms in total. The van der Waals surface area contributed by atoms with Gasteiger partial charge in [-0.25, -0.2) is 4.68 Å². The van der Waals surface area contributed by atoms with Crippen LogP contribution in [0.3, 0.4) is 0 Å². The normalized spacial score (nSPS) is 10.6. The second kappa shape index (κ2) is 8.64. The fourth-order valence-electron chi connectivity index (χ4n) is 2.79. The van der Waals surface area contributed by atoms with Crippen molar-refractivity contribution < 1.29 is 9.59 Å². The van der Waals surface area contributed by atoms with Crippen molar-refractivity contribution >= 4 is 28.8 Å². The van der Waals surface area contributed by atoms with Crippen molar-refractivity contribution in [3.8, 4) is 5.69 Å². The average molecular weight is 382 g/mol. The summed E-state index contributed by atoms with van der Waals surface area (Å²) in [4.78, 5) is 24.8. The summed E-state index contributed by atoms with van der Waals surface area (Å²) in [5.74, 6) is -0.180. The minimum absolute atomic E-state index is 0.0841. The highest BCUT2D eigenvalue weighted by molar-refractivity contribution is 7.12. The van der Waals surface area contributed by atoms with Crippen LogP contribution in [0.2, 0.25) is 0 Å². The maximum Gasteiger partial charge on any atom is 0.261 e. The van der Waals surface area contributed by atoms with Gasteiger partial charge in [-0.1, -0.05) is 24.3 Å². The average Bonchev–Trinajstić information content (AvgIpc) is 3.30. The van der Waals surface area contributed by atoms with Gasteiger partial charge in [0.2, 0.25) is 5.91 Å². The third-order valence-corrected chi connectivity index (χ3v) is 5.04. The van der Waals surface area contributed by atoms with Gasteiger partial charge in [0.25, 0.3) is 5.91 Å². The fraction of sp³-hybridized carbons (Fsp3) is 0.250. The topological polar surface area (TPSA) is 76.0 Å². The Morgan fingerprint density at radius 1 is 1.11 bits per heavy atom. The van der Waals surface area contributed by atoms with Crippen LogP contribution in [0.25, 0.3) is 5.69 Å². The lowest BCUT2D eigenvalue weighted by atomic mass is 10.2. The molecule has 0 aliphatic carbocycles. The molecule has 0 fully saturated rings. The van der Waals surface area contributed by atoms with Crippen LogP contribution in [0, 0.1) is 13.8 Å². The highest BCUT2D eigenvalue weighted by Gasteiger charge is 2.15. The number of thiophene rings is 1. The molecule has 1 aromatic carbocycles. The summed E-state index contributed by atoms with van der Waals surface area (Å²) in [5, 5.41) is 12.2. The molecule has 0 aliphatic rings. The number of aromatic nitrogens is 2. The zero-order valence-electron chi connectivity index (χ0n) is 15.4. The van der Waals surface area contributed by atoms with Crippen LogP contribution in [-0.2, 0) is 4.79 Å². The molecule has 0 saturated heterocycles. The summed E-state index contributed by atoms with van der Waals surface area (Å²) in [6.45, 7) is 4.28. The van der Waals surface area contributed by atoms with Gasteiger partial charge >= 0.3 is 0 Å². The summed E-state index contributed by atoms with van der Waals surface area (Å²) in [6.07, 6.45) is 0.911. The summed E-state index contributed by atoms with van der Waals surface area (Å²) in [5.41, 5.74) is 3.36. The third kappa shape index (κ3) is 4.62. The van der Waals surface area contributed by atoms with Crippen molar-refractivity contribution in [2.45, 2.75) is 26.7 Å². The van der Waals surface area contributed by atoms with Gasteiger partial charge in [-0.2, -0.15) is 5.10 Å². The molecule has 0 bridgehead atoms. The molecule has 27 heavy (non-hydrogen) atoms. The van der Waals surface area contributed by atoms with Gasteiger partial charge in [-0.3, -0.25) is 9.59 Å². The Balaban J connectivity index is 1.52. The Bertz CT molecular complexity index is 917. The maximum atomic E-state index is 12.3. The van der Waals surface area contributed by atoms with Gasteiger partial charge in [0.15, 0.2) is 0 Å². The summed E-state index contributed by atoms with van der Waals surface area (Å²) in [7, 11) is 0. The number of rotatable bonds is 7. The SMILES string of the molecule is Cc1nn(-c2ccccc2)c(C)c1NC(=O)CCCNC(=O)c1cccs1. The Morgan fingerprint density at radius 3 is 2.59 bits per heavy atom. The van der Waals surface area contributed by atoms with Crippen LogP contribution in [0.4, 0.5) is 5.69 Å². The van der Waals surface area contributed by atoms with E-state index in [0.29, 0.717) is 24.3 Å². The first-order chi connectivity index (χ1) is 13.1. The standard InChI is InChI=1S/C20H22N4O2S/c1-14-19(15(2)24(23-14)16-8-4-3-5-9-16)22-18(25)11-6-12-21-20(26)17-10-7-13-27-17/h3-5,7-10,13H,6,11-12H2,1-2H3,(H,21,26)(H,22,25). The highest BCUT2D eigenvalue weighted by atomic mass is 32.1. The van der Waals surface area contributed by atoms with Crippen molar-refractivity contribution in [3.63, 3.8) is 0 Å². The highest BCUT2D eigenvalue weighted by Crippen LogP contribution is 2.22. The van der Waals surface area contributed by atoms with Crippen LogP contribution >= 0.6 is 11.3 Å². The summed E-state index contributed by atoms with van der Waals surface area (Å²) >= 11 is 1.40.